The number of hydrogen-bond donors (Lipinski definition) is 2. The molecule has 2 aromatic carbocycles. The second-order valence-corrected chi connectivity index (χ2v) is 5.96. The first-order chi connectivity index (χ1) is 12.0. The quantitative estimate of drug-likeness (QED) is 0.669. The van der Waals surface area contributed by atoms with Crippen LogP contribution in [0.2, 0.25) is 10.0 Å². The van der Waals surface area contributed by atoms with Crippen molar-refractivity contribution in [3.05, 3.63) is 76.2 Å². The molecule has 0 aliphatic rings. The highest BCUT2D eigenvalue weighted by Gasteiger charge is 2.10. The normalized spacial score (nSPS) is 10.5. The molecule has 3 rings (SSSR count). The Morgan fingerprint density at radius 3 is 2.68 bits per heavy atom. The van der Waals surface area contributed by atoms with Crippen LogP contribution in [-0.2, 0) is 6.54 Å². The van der Waals surface area contributed by atoms with Gasteiger partial charge in [0.2, 0.25) is 0 Å². The summed E-state index contributed by atoms with van der Waals surface area (Å²) >= 11 is 11.9. The van der Waals surface area contributed by atoms with Gasteiger partial charge in [0.05, 0.1) is 22.3 Å². The minimum absolute atomic E-state index is 0.254. The summed E-state index contributed by atoms with van der Waals surface area (Å²) in [5, 5.41) is 9.95. The van der Waals surface area contributed by atoms with Gasteiger partial charge in [-0.3, -0.25) is 10.00 Å². The number of amides is 2. The van der Waals surface area contributed by atoms with Crippen molar-refractivity contribution in [2.24, 2.45) is 0 Å². The number of hydrogen-bond acceptors (Lipinski definition) is 2. The molecule has 128 valence electrons. The summed E-state index contributed by atoms with van der Waals surface area (Å²) in [5.41, 5.74) is 0.893. The molecule has 1 heterocycles. The van der Waals surface area contributed by atoms with Crippen molar-refractivity contribution in [1.82, 2.24) is 9.78 Å². The third-order valence-corrected chi connectivity index (χ3v) is 4.19. The number of urea groups is 1. The Labute approximate surface area is 153 Å². The molecule has 0 saturated heterocycles. The Morgan fingerprint density at radius 2 is 1.88 bits per heavy atom. The number of rotatable bonds is 4. The van der Waals surface area contributed by atoms with Crippen molar-refractivity contribution in [3.63, 3.8) is 0 Å². The fourth-order valence-corrected chi connectivity index (χ4v) is 2.54. The Bertz CT molecular complexity index is 913. The zero-order chi connectivity index (χ0) is 17.8. The number of anilines is 2. The van der Waals surface area contributed by atoms with Crippen LogP contribution in [0.1, 0.15) is 5.56 Å². The molecule has 3 aromatic rings. The number of nitrogens with one attached hydrogen (secondary N) is 2. The molecule has 2 amide bonds. The maximum Gasteiger partial charge on any atom is 0.324 e. The van der Waals surface area contributed by atoms with Crippen LogP contribution < -0.4 is 10.6 Å². The molecule has 0 radical (unpaired) electrons. The van der Waals surface area contributed by atoms with E-state index < -0.39 is 6.03 Å². The molecule has 0 fully saturated rings. The summed E-state index contributed by atoms with van der Waals surface area (Å²) in [5.74, 6) is 0.0211. The highest BCUT2D eigenvalue weighted by molar-refractivity contribution is 6.44. The smallest absolute Gasteiger partial charge is 0.306 e. The summed E-state index contributed by atoms with van der Waals surface area (Å²) in [6.45, 7) is 0.260. The van der Waals surface area contributed by atoms with E-state index in [9.17, 15) is 9.18 Å². The molecule has 0 aliphatic carbocycles. The van der Waals surface area contributed by atoms with Gasteiger partial charge >= 0.3 is 6.03 Å². The van der Waals surface area contributed by atoms with Gasteiger partial charge in [-0.25, -0.2) is 9.18 Å². The van der Waals surface area contributed by atoms with Gasteiger partial charge in [-0.15, -0.1) is 0 Å². The van der Waals surface area contributed by atoms with Crippen molar-refractivity contribution in [3.8, 4) is 0 Å². The molecule has 0 unspecified atom stereocenters. The van der Waals surface area contributed by atoms with Gasteiger partial charge in [0.15, 0.2) is 5.82 Å². The third kappa shape index (κ3) is 4.29. The van der Waals surface area contributed by atoms with Gasteiger partial charge in [-0.2, -0.15) is 5.10 Å². The zero-order valence-corrected chi connectivity index (χ0v) is 14.4. The van der Waals surface area contributed by atoms with E-state index in [1.165, 1.54) is 10.7 Å². The summed E-state index contributed by atoms with van der Waals surface area (Å²) in [4.78, 5) is 12.0. The number of carbonyl (C=O) groups excluding carboxylic acids is 1. The zero-order valence-electron chi connectivity index (χ0n) is 12.8. The van der Waals surface area contributed by atoms with E-state index >= 15 is 0 Å². The highest BCUT2D eigenvalue weighted by Crippen LogP contribution is 2.29. The first-order valence-electron chi connectivity index (χ1n) is 7.32. The highest BCUT2D eigenvalue weighted by atomic mass is 35.5. The topological polar surface area (TPSA) is 59.0 Å². The van der Waals surface area contributed by atoms with E-state index in [0.717, 1.165) is 0 Å². The van der Waals surface area contributed by atoms with Gasteiger partial charge in [-0.1, -0.05) is 47.5 Å². The maximum absolute atomic E-state index is 13.7. The van der Waals surface area contributed by atoms with E-state index in [-0.39, 0.29) is 17.4 Å². The van der Waals surface area contributed by atoms with E-state index in [4.69, 9.17) is 23.2 Å². The van der Waals surface area contributed by atoms with Crippen LogP contribution >= 0.6 is 23.2 Å². The third-order valence-electron chi connectivity index (χ3n) is 3.37. The van der Waals surface area contributed by atoms with E-state index in [0.29, 0.717) is 22.1 Å². The fourth-order valence-electron chi connectivity index (χ4n) is 2.19. The van der Waals surface area contributed by atoms with E-state index in [1.807, 2.05) is 0 Å². The summed E-state index contributed by atoms with van der Waals surface area (Å²) in [6, 6.07) is 12.5. The largest absolute Gasteiger partial charge is 0.324 e. The number of halogens is 3. The first-order valence-corrected chi connectivity index (χ1v) is 8.07. The van der Waals surface area contributed by atoms with Gasteiger partial charge < -0.3 is 5.32 Å². The summed E-state index contributed by atoms with van der Waals surface area (Å²) in [6.07, 6.45) is 1.65. The second kappa shape index (κ2) is 7.55. The molecule has 0 aliphatic heterocycles. The van der Waals surface area contributed by atoms with Crippen molar-refractivity contribution >= 4 is 40.7 Å². The Morgan fingerprint density at radius 1 is 1.08 bits per heavy atom. The lowest BCUT2D eigenvalue weighted by Crippen LogP contribution is -2.20. The van der Waals surface area contributed by atoms with Crippen molar-refractivity contribution < 1.29 is 9.18 Å². The van der Waals surface area contributed by atoms with E-state index in [1.54, 1.807) is 48.7 Å². The molecule has 0 bridgehead atoms. The lowest BCUT2D eigenvalue weighted by atomic mass is 10.2. The molecule has 2 N–H and O–H groups in total. The number of nitrogens with zero attached hydrogens (tertiary/aromatic N) is 2. The Kier molecular flexibility index (Phi) is 5.21. The molecule has 0 atom stereocenters. The first kappa shape index (κ1) is 17.3. The molecule has 0 spiro atoms. The van der Waals surface area contributed by atoms with Gasteiger partial charge in [0.1, 0.15) is 5.82 Å². The van der Waals surface area contributed by atoms with E-state index in [2.05, 4.69) is 15.7 Å². The second-order valence-electron chi connectivity index (χ2n) is 5.17. The molecule has 1 aromatic heterocycles. The molecular weight excluding hydrogens is 366 g/mol. The van der Waals surface area contributed by atoms with Gasteiger partial charge in [0.25, 0.3) is 0 Å². The average molecular weight is 379 g/mol. The number of aromatic nitrogens is 2. The minimum atomic E-state index is -0.514. The van der Waals surface area contributed by atoms with Crippen molar-refractivity contribution in [2.75, 3.05) is 10.6 Å². The van der Waals surface area contributed by atoms with Crippen LogP contribution in [0.15, 0.2) is 54.7 Å². The summed E-state index contributed by atoms with van der Waals surface area (Å²) in [7, 11) is 0. The van der Waals surface area contributed by atoms with Crippen LogP contribution in [-0.4, -0.2) is 15.8 Å². The fraction of sp³-hybridized carbons (Fsp3) is 0.0588. The van der Waals surface area contributed by atoms with Crippen LogP contribution in [0, 0.1) is 5.82 Å². The van der Waals surface area contributed by atoms with Crippen LogP contribution in [0.3, 0.4) is 0 Å². The van der Waals surface area contributed by atoms with Crippen LogP contribution in [0.25, 0.3) is 0 Å². The molecule has 8 heteroatoms. The maximum atomic E-state index is 13.7. The van der Waals surface area contributed by atoms with Crippen molar-refractivity contribution in [2.45, 2.75) is 6.54 Å². The SMILES string of the molecule is O=C(Nc1ccn(Cc2ccccc2F)n1)Nc1cccc(Cl)c1Cl. The van der Waals surface area contributed by atoms with Crippen molar-refractivity contribution in [1.29, 1.82) is 0 Å². The number of benzene rings is 2. The lowest BCUT2D eigenvalue weighted by Gasteiger charge is -2.08. The number of carbonyl (C=O) groups is 1. The van der Waals surface area contributed by atoms with Crippen LogP contribution in [0.4, 0.5) is 20.7 Å². The minimum Gasteiger partial charge on any atom is -0.306 e. The summed E-state index contributed by atoms with van der Waals surface area (Å²) < 4.78 is 15.2. The Balaban J connectivity index is 1.64. The van der Waals surface area contributed by atoms with Gasteiger partial charge in [-0.05, 0) is 18.2 Å². The predicted molar refractivity (Wildman–Crippen MR) is 96.8 cm³/mol. The Hall–Kier alpha value is -2.57. The van der Waals surface area contributed by atoms with Gasteiger partial charge in [0, 0.05) is 17.8 Å². The molecule has 0 saturated carbocycles. The average Bonchev–Trinajstić information content (AvgIpc) is 3.01. The monoisotopic (exact) mass is 378 g/mol. The molecule has 5 nitrogen and oxygen atoms in total. The lowest BCUT2D eigenvalue weighted by molar-refractivity contribution is 0.262. The molecule has 25 heavy (non-hydrogen) atoms. The standard InChI is InChI=1S/C17H13Cl2FN4O/c18-12-5-3-7-14(16(12)19)21-17(25)22-15-8-9-24(23-15)10-11-4-1-2-6-13(11)20/h1-9H,10H2,(H2,21,22,23,25). The predicted octanol–water partition coefficient (Wildman–Crippen LogP) is 5.02. The molecular formula is C17H13Cl2FN4O. The van der Waals surface area contributed by atoms with Crippen LogP contribution in [0.5, 0.6) is 0 Å².